The maximum absolute atomic E-state index is 12.6. The minimum Gasteiger partial charge on any atom is -0.497 e. The Hall–Kier alpha value is -4.47. The van der Waals surface area contributed by atoms with Gasteiger partial charge in [0.05, 0.1) is 7.11 Å². The maximum atomic E-state index is 12.6. The zero-order chi connectivity index (χ0) is 26.1. The highest BCUT2D eigenvalue weighted by Gasteiger charge is 2.15. The van der Waals surface area contributed by atoms with Crippen molar-refractivity contribution in [3.8, 4) is 5.75 Å². The van der Waals surface area contributed by atoms with E-state index in [2.05, 4.69) is 31.2 Å². The third-order valence-corrected chi connectivity index (χ3v) is 4.87. The Morgan fingerprint density at radius 3 is 2.03 bits per heavy atom. The standard InChI is InChI=1S/C26H30N6O4/c1-26(2,3)32-25(35)31-19-10-8-17(9-11-19)14-27-23(33)21-13-22(30-16-29-21)24(34)28-15-18-6-5-7-20(12-18)36-4/h5-13,16H,14-15H2,1-4H3,(H,27,33)(H,28,34)(H2,31,32,35). The van der Waals surface area contributed by atoms with Gasteiger partial charge in [0.25, 0.3) is 11.8 Å². The summed E-state index contributed by atoms with van der Waals surface area (Å²) in [6, 6.07) is 15.5. The molecule has 4 N–H and O–H groups in total. The topological polar surface area (TPSA) is 134 Å². The number of hydrogen-bond donors (Lipinski definition) is 4. The van der Waals surface area contributed by atoms with Gasteiger partial charge in [-0.2, -0.15) is 0 Å². The van der Waals surface area contributed by atoms with Gasteiger partial charge in [-0.1, -0.05) is 24.3 Å². The third-order valence-electron chi connectivity index (χ3n) is 4.87. The number of nitrogens with one attached hydrogen (secondary N) is 4. The van der Waals surface area contributed by atoms with Gasteiger partial charge in [-0.25, -0.2) is 14.8 Å². The lowest BCUT2D eigenvalue weighted by atomic mass is 10.1. The van der Waals surface area contributed by atoms with Crippen molar-refractivity contribution in [2.24, 2.45) is 0 Å². The average molecular weight is 491 g/mol. The van der Waals surface area contributed by atoms with Crippen molar-refractivity contribution in [1.29, 1.82) is 0 Å². The number of anilines is 1. The van der Waals surface area contributed by atoms with Crippen molar-refractivity contribution in [1.82, 2.24) is 25.9 Å². The molecule has 1 aromatic heterocycles. The van der Waals surface area contributed by atoms with Crippen LogP contribution < -0.4 is 26.0 Å². The molecular formula is C26H30N6O4. The summed E-state index contributed by atoms with van der Waals surface area (Å²) in [6.07, 6.45) is 1.18. The number of methoxy groups -OCH3 is 1. The Kier molecular flexibility index (Phi) is 8.56. The molecule has 0 atom stereocenters. The van der Waals surface area contributed by atoms with Gasteiger partial charge in [0.1, 0.15) is 23.5 Å². The molecule has 1 heterocycles. The van der Waals surface area contributed by atoms with Crippen LogP contribution in [0.25, 0.3) is 0 Å². The van der Waals surface area contributed by atoms with Crippen LogP contribution in [-0.4, -0.2) is 40.5 Å². The summed E-state index contributed by atoms with van der Waals surface area (Å²) < 4.78 is 5.18. The van der Waals surface area contributed by atoms with Gasteiger partial charge < -0.3 is 26.0 Å². The first-order valence-electron chi connectivity index (χ1n) is 11.3. The van der Waals surface area contributed by atoms with Gasteiger partial charge >= 0.3 is 6.03 Å². The minimum atomic E-state index is -0.439. The normalized spacial score (nSPS) is 10.8. The van der Waals surface area contributed by atoms with Crippen LogP contribution in [0.5, 0.6) is 5.75 Å². The number of carbonyl (C=O) groups is 3. The van der Waals surface area contributed by atoms with Crippen molar-refractivity contribution >= 4 is 23.5 Å². The molecule has 2 aromatic carbocycles. The second-order valence-electron chi connectivity index (χ2n) is 9.03. The molecule has 3 rings (SSSR count). The molecule has 10 nitrogen and oxygen atoms in total. The fraction of sp³-hybridized carbons (Fsp3) is 0.269. The number of rotatable bonds is 8. The zero-order valence-corrected chi connectivity index (χ0v) is 20.7. The highest BCUT2D eigenvalue weighted by Crippen LogP contribution is 2.13. The van der Waals surface area contributed by atoms with Crippen LogP contribution in [0.3, 0.4) is 0 Å². The summed E-state index contributed by atoms with van der Waals surface area (Å²) in [5, 5.41) is 11.1. The smallest absolute Gasteiger partial charge is 0.319 e. The Labute approximate surface area is 209 Å². The molecule has 0 saturated heterocycles. The molecule has 0 aliphatic rings. The molecule has 0 bridgehead atoms. The first kappa shape index (κ1) is 26.1. The predicted octanol–water partition coefficient (Wildman–Crippen LogP) is 3.27. The number of benzene rings is 2. The number of carbonyl (C=O) groups excluding carboxylic acids is 3. The van der Waals surface area contributed by atoms with Gasteiger partial charge in [-0.3, -0.25) is 9.59 Å². The van der Waals surface area contributed by atoms with Crippen LogP contribution >= 0.6 is 0 Å². The summed E-state index contributed by atoms with van der Waals surface area (Å²) in [7, 11) is 1.58. The van der Waals surface area contributed by atoms with Gasteiger partial charge in [0.2, 0.25) is 0 Å². The van der Waals surface area contributed by atoms with Crippen molar-refractivity contribution in [2.45, 2.75) is 39.4 Å². The van der Waals surface area contributed by atoms with Crippen LogP contribution in [0.2, 0.25) is 0 Å². The zero-order valence-electron chi connectivity index (χ0n) is 20.7. The summed E-state index contributed by atoms with van der Waals surface area (Å²) in [5.41, 5.74) is 2.15. The van der Waals surface area contributed by atoms with Gasteiger partial charge in [0.15, 0.2) is 0 Å². The summed E-state index contributed by atoms with van der Waals surface area (Å²) >= 11 is 0. The number of aromatic nitrogens is 2. The highest BCUT2D eigenvalue weighted by atomic mass is 16.5. The van der Waals surface area contributed by atoms with E-state index in [-0.39, 0.29) is 36.0 Å². The lowest BCUT2D eigenvalue weighted by Crippen LogP contribution is -2.43. The summed E-state index contributed by atoms with van der Waals surface area (Å²) in [6.45, 7) is 6.22. The van der Waals surface area contributed by atoms with Crippen molar-refractivity contribution in [3.05, 3.63) is 83.4 Å². The molecule has 0 spiro atoms. The Morgan fingerprint density at radius 2 is 1.44 bits per heavy atom. The van der Waals surface area contributed by atoms with Crippen molar-refractivity contribution in [3.63, 3.8) is 0 Å². The van der Waals surface area contributed by atoms with E-state index in [0.29, 0.717) is 11.4 Å². The highest BCUT2D eigenvalue weighted by molar-refractivity contribution is 5.97. The Balaban J connectivity index is 1.52. The van der Waals surface area contributed by atoms with E-state index < -0.39 is 11.8 Å². The third kappa shape index (κ3) is 8.08. The maximum Gasteiger partial charge on any atom is 0.319 e. The lowest BCUT2D eigenvalue weighted by Gasteiger charge is -2.20. The van der Waals surface area contributed by atoms with Gasteiger partial charge in [-0.05, 0) is 56.2 Å². The molecule has 0 unspecified atom stereocenters. The fourth-order valence-corrected chi connectivity index (χ4v) is 3.14. The first-order valence-corrected chi connectivity index (χ1v) is 11.3. The van der Waals surface area contributed by atoms with Crippen LogP contribution in [0.1, 0.15) is 52.9 Å². The fourth-order valence-electron chi connectivity index (χ4n) is 3.14. The van der Waals surface area contributed by atoms with Crippen LogP contribution in [0, 0.1) is 0 Å². The van der Waals surface area contributed by atoms with Crippen LogP contribution in [0.4, 0.5) is 10.5 Å². The van der Waals surface area contributed by atoms with Crippen molar-refractivity contribution in [2.75, 3.05) is 12.4 Å². The Bertz CT molecular complexity index is 1220. The minimum absolute atomic E-state index is 0.0775. The van der Waals surface area contributed by atoms with E-state index in [4.69, 9.17) is 4.74 Å². The Morgan fingerprint density at radius 1 is 0.833 bits per heavy atom. The average Bonchev–Trinajstić information content (AvgIpc) is 2.85. The SMILES string of the molecule is COc1cccc(CNC(=O)c2cc(C(=O)NCc3ccc(NC(=O)NC(C)(C)C)cc3)ncn2)c1. The van der Waals surface area contributed by atoms with Crippen LogP contribution in [0.15, 0.2) is 60.9 Å². The molecule has 3 aromatic rings. The number of ether oxygens (including phenoxy) is 1. The molecule has 10 heteroatoms. The number of hydrogen-bond acceptors (Lipinski definition) is 6. The van der Waals surface area contributed by atoms with E-state index in [1.54, 1.807) is 31.4 Å². The number of nitrogens with zero attached hydrogens (tertiary/aromatic N) is 2. The van der Waals surface area contributed by atoms with E-state index in [9.17, 15) is 14.4 Å². The molecule has 0 aliphatic carbocycles. The van der Waals surface area contributed by atoms with E-state index in [1.807, 2.05) is 45.0 Å². The number of amides is 4. The summed E-state index contributed by atoms with van der Waals surface area (Å²) in [4.78, 5) is 45.0. The molecule has 36 heavy (non-hydrogen) atoms. The monoisotopic (exact) mass is 490 g/mol. The molecule has 188 valence electrons. The second kappa shape index (κ2) is 11.8. The molecule has 0 radical (unpaired) electrons. The molecule has 0 aliphatic heterocycles. The van der Waals surface area contributed by atoms with E-state index in [1.165, 1.54) is 12.4 Å². The van der Waals surface area contributed by atoms with Crippen molar-refractivity contribution < 1.29 is 19.1 Å². The molecule has 0 fully saturated rings. The largest absolute Gasteiger partial charge is 0.497 e. The van der Waals surface area contributed by atoms with Gasteiger partial charge in [-0.15, -0.1) is 0 Å². The molecule has 0 saturated carbocycles. The second-order valence-corrected chi connectivity index (χ2v) is 9.03. The predicted molar refractivity (Wildman–Crippen MR) is 136 cm³/mol. The quantitative estimate of drug-likeness (QED) is 0.383. The lowest BCUT2D eigenvalue weighted by molar-refractivity contribution is 0.0944. The van der Waals surface area contributed by atoms with E-state index >= 15 is 0 Å². The summed E-state index contributed by atoms with van der Waals surface area (Å²) in [5.74, 6) is -0.168. The van der Waals surface area contributed by atoms with Crippen LogP contribution in [-0.2, 0) is 13.1 Å². The van der Waals surface area contributed by atoms with Gasteiger partial charge in [0, 0.05) is 30.4 Å². The molecule has 4 amide bonds. The number of urea groups is 1. The van der Waals surface area contributed by atoms with E-state index in [0.717, 1.165) is 11.1 Å². The first-order chi connectivity index (χ1) is 17.1. The molecular weight excluding hydrogens is 460 g/mol.